The van der Waals surface area contributed by atoms with Crippen LogP contribution in [0.25, 0.3) is 0 Å². The second kappa shape index (κ2) is 4.98. The van der Waals surface area contributed by atoms with Gasteiger partial charge in [0.05, 0.1) is 0 Å². The molecule has 1 radical (unpaired) electrons. The van der Waals surface area contributed by atoms with Crippen molar-refractivity contribution in [3.8, 4) is 0 Å². The van der Waals surface area contributed by atoms with Crippen molar-refractivity contribution in [3.63, 3.8) is 0 Å². The number of fused-ring (bicyclic) bond motifs is 1. The van der Waals surface area contributed by atoms with Gasteiger partial charge in [0, 0.05) is 31.4 Å². The summed E-state index contributed by atoms with van der Waals surface area (Å²) >= 11 is 0. The van der Waals surface area contributed by atoms with E-state index in [-0.39, 0.29) is 31.4 Å². The normalized spacial score (nSPS) is 37.1. The molecule has 14 heavy (non-hydrogen) atoms. The Morgan fingerprint density at radius 3 is 2.00 bits per heavy atom. The third kappa shape index (κ3) is 3.54. The smallest absolute Gasteiger partial charge is 0.207 e. The summed E-state index contributed by atoms with van der Waals surface area (Å²) in [5.74, 6) is -1.99. The summed E-state index contributed by atoms with van der Waals surface area (Å²) in [6.45, 7) is 6.38. The molecule has 0 aromatic carbocycles. The predicted molar refractivity (Wildman–Crippen MR) is 51.0 cm³/mol. The Balaban J connectivity index is 0.000000381. The first-order valence-corrected chi connectivity index (χ1v) is 5.31. The molecule has 2 aliphatic rings. The van der Waals surface area contributed by atoms with Crippen LogP contribution in [0.5, 0.6) is 0 Å². The predicted octanol–water partition coefficient (Wildman–Crippen LogP) is 4.25. The Hall–Kier alpha value is 0.444. The quantitative estimate of drug-likeness (QED) is 0.595. The van der Waals surface area contributed by atoms with E-state index in [0.717, 1.165) is 12.8 Å². The van der Waals surface area contributed by atoms with Gasteiger partial charge in [-0.3, -0.25) is 0 Å². The van der Waals surface area contributed by atoms with E-state index < -0.39 is 5.92 Å². The molecule has 3 heteroatoms. The minimum absolute atomic E-state index is 0. The zero-order chi connectivity index (χ0) is 10.1. The van der Waals surface area contributed by atoms with Gasteiger partial charge in [-0.25, -0.2) is 8.78 Å². The molecule has 0 aliphatic heterocycles. The van der Waals surface area contributed by atoms with Gasteiger partial charge < -0.3 is 0 Å². The largest absolute Gasteiger partial charge is 0.248 e. The molecule has 0 heterocycles. The van der Waals surface area contributed by atoms with Gasteiger partial charge in [0.25, 0.3) is 0 Å². The molecule has 2 unspecified atom stereocenters. The van der Waals surface area contributed by atoms with Crippen LogP contribution >= 0.6 is 0 Å². The van der Waals surface area contributed by atoms with Gasteiger partial charge in [0.15, 0.2) is 0 Å². The maximum atomic E-state index is 12.7. The molecule has 0 aromatic heterocycles. The summed E-state index contributed by atoms with van der Waals surface area (Å²) in [6.07, 6.45) is 3.32. The Bertz CT molecular complexity index is 182. The second-order valence-corrected chi connectivity index (χ2v) is 4.82. The van der Waals surface area contributed by atoms with E-state index in [9.17, 15) is 8.78 Å². The number of halogens is 2. The first-order chi connectivity index (χ1) is 5.93. The van der Waals surface area contributed by atoms with Crippen molar-refractivity contribution in [1.82, 2.24) is 0 Å². The molecule has 83 valence electrons. The molecule has 0 N–H and O–H groups in total. The molecular formula is C11H20F2V. The topological polar surface area (TPSA) is 0 Å². The maximum absolute atomic E-state index is 12.7. The number of alkyl halides is 2. The average Bonchev–Trinajstić information content (AvgIpc) is 2.61. The summed E-state index contributed by atoms with van der Waals surface area (Å²) in [6, 6.07) is 0. The fraction of sp³-hybridized carbons (Fsp3) is 1.00. The standard InChI is InChI=1S/C8H12F2.C3H8.V/c1-7-2-3-8(9,10)5-6(7)4-7;1-3-2;/h6H,2-5H2,1H3;3H2,1-2H3;. The Kier molecular flexibility index (Phi) is 5.14. The molecule has 0 nitrogen and oxygen atoms in total. The SMILES string of the molecule is CC12CCC(F)(F)CC1C2.CCC.[V]. The zero-order valence-corrected chi connectivity index (χ0v) is 10.7. The molecule has 0 spiro atoms. The Morgan fingerprint density at radius 2 is 1.64 bits per heavy atom. The van der Waals surface area contributed by atoms with Crippen LogP contribution < -0.4 is 0 Å². The maximum Gasteiger partial charge on any atom is 0.248 e. The van der Waals surface area contributed by atoms with Crippen LogP contribution in [0.4, 0.5) is 8.78 Å². The second-order valence-electron chi connectivity index (χ2n) is 4.82. The first-order valence-electron chi connectivity index (χ1n) is 5.31. The number of hydrogen-bond donors (Lipinski definition) is 0. The van der Waals surface area contributed by atoms with Crippen LogP contribution in [0.2, 0.25) is 0 Å². The minimum atomic E-state index is -2.33. The van der Waals surface area contributed by atoms with E-state index >= 15 is 0 Å². The molecule has 2 fully saturated rings. The van der Waals surface area contributed by atoms with Crippen LogP contribution in [0, 0.1) is 11.3 Å². The van der Waals surface area contributed by atoms with Gasteiger partial charge in [-0.2, -0.15) is 0 Å². The van der Waals surface area contributed by atoms with E-state index in [4.69, 9.17) is 0 Å². The van der Waals surface area contributed by atoms with Crippen molar-refractivity contribution >= 4 is 0 Å². The summed E-state index contributed by atoms with van der Waals surface area (Å²) < 4.78 is 25.3. The van der Waals surface area contributed by atoms with E-state index in [0.29, 0.717) is 11.3 Å². The monoisotopic (exact) mass is 241 g/mol. The molecule has 0 saturated heterocycles. The molecule has 0 amide bonds. The van der Waals surface area contributed by atoms with Crippen molar-refractivity contribution < 1.29 is 27.3 Å². The van der Waals surface area contributed by atoms with E-state index in [2.05, 4.69) is 20.8 Å². The van der Waals surface area contributed by atoms with Gasteiger partial charge in [0.2, 0.25) is 5.92 Å². The van der Waals surface area contributed by atoms with Crippen LogP contribution in [-0.2, 0) is 18.6 Å². The van der Waals surface area contributed by atoms with Crippen molar-refractivity contribution in [3.05, 3.63) is 0 Å². The third-order valence-corrected chi connectivity index (χ3v) is 3.15. The van der Waals surface area contributed by atoms with Crippen molar-refractivity contribution in [2.45, 2.75) is 58.8 Å². The zero-order valence-electron chi connectivity index (χ0n) is 9.32. The fourth-order valence-electron chi connectivity index (χ4n) is 2.06. The van der Waals surface area contributed by atoms with Crippen LogP contribution in [0.3, 0.4) is 0 Å². The van der Waals surface area contributed by atoms with Crippen LogP contribution in [0.1, 0.15) is 52.9 Å². The first kappa shape index (κ1) is 14.4. The van der Waals surface area contributed by atoms with E-state index in [1.165, 1.54) is 6.42 Å². The average molecular weight is 241 g/mol. The fourth-order valence-corrected chi connectivity index (χ4v) is 2.06. The molecule has 2 rings (SSSR count). The Morgan fingerprint density at radius 1 is 1.14 bits per heavy atom. The Labute approximate surface area is 97.7 Å². The summed E-state index contributed by atoms with van der Waals surface area (Å²) in [4.78, 5) is 0. The van der Waals surface area contributed by atoms with Gasteiger partial charge in [-0.15, -0.1) is 0 Å². The molecule has 0 aromatic rings. The van der Waals surface area contributed by atoms with Gasteiger partial charge >= 0.3 is 0 Å². The summed E-state index contributed by atoms with van der Waals surface area (Å²) in [7, 11) is 0. The van der Waals surface area contributed by atoms with Gasteiger partial charge in [0.1, 0.15) is 0 Å². The third-order valence-electron chi connectivity index (χ3n) is 3.15. The molecule has 2 aliphatic carbocycles. The van der Waals surface area contributed by atoms with E-state index in [1.54, 1.807) is 0 Å². The number of rotatable bonds is 0. The molecular weight excluding hydrogens is 221 g/mol. The summed E-state index contributed by atoms with van der Waals surface area (Å²) in [5, 5.41) is 0. The van der Waals surface area contributed by atoms with E-state index in [1.807, 2.05) is 0 Å². The van der Waals surface area contributed by atoms with Crippen molar-refractivity contribution in [2.75, 3.05) is 0 Å². The molecule has 2 saturated carbocycles. The van der Waals surface area contributed by atoms with Gasteiger partial charge in [-0.1, -0.05) is 27.2 Å². The molecule has 0 bridgehead atoms. The minimum Gasteiger partial charge on any atom is -0.207 e. The molecule has 2 atom stereocenters. The number of hydrogen-bond acceptors (Lipinski definition) is 0. The van der Waals surface area contributed by atoms with Crippen LogP contribution in [-0.4, -0.2) is 5.92 Å². The van der Waals surface area contributed by atoms with Crippen molar-refractivity contribution in [1.29, 1.82) is 0 Å². The van der Waals surface area contributed by atoms with Crippen molar-refractivity contribution in [2.24, 2.45) is 11.3 Å². The van der Waals surface area contributed by atoms with Crippen LogP contribution in [0.15, 0.2) is 0 Å². The van der Waals surface area contributed by atoms with Gasteiger partial charge in [-0.05, 0) is 24.2 Å². The summed E-state index contributed by atoms with van der Waals surface area (Å²) in [5.41, 5.74) is 0.321.